The lowest BCUT2D eigenvalue weighted by molar-refractivity contribution is 0.0177. The third-order valence-electron chi connectivity index (χ3n) is 5.01. The molecule has 1 unspecified atom stereocenters. The van der Waals surface area contributed by atoms with Crippen LogP contribution in [0.5, 0.6) is 5.75 Å². The van der Waals surface area contributed by atoms with Gasteiger partial charge in [0.1, 0.15) is 5.75 Å². The van der Waals surface area contributed by atoms with Crippen molar-refractivity contribution >= 4 is 17.3 Å². The minimum Gasteiger partial charge on any atom is -0.494 e. The summed E-state index contributed by atoms with van der Waals surface area (Å²) in [5.74, 6) is 1.73. The Morgan fingerprint density at radius 3 is 2.79 bits per heavy atom. The lowest BCUT2D eigenvalue weighted by Crippen LogP contribution is -2.46. The highest BCUT2D eigenvalue weighted by Crippen LogP contribution is 2.25. The molecule has 2 N–H and O–H groups in total. The fourth-order valence-electron chi connectivity index (χ4n) is 3.47. The molecular weight excluding hydrogens is 384 g/mol. The molecule has 0 spiro atoms. The summed E-state index contributed by atoms with van der Waals surface area (Å²) in [6.07, 6.45) is 0. The van der Waals surface area contributed by atoms with E-state index in [1.165, 1.54) is 10.4 Å². The second-order valence-corrected chi connectivity index (χ2v) is 8.01. The first-order chi connectivity index (χ1) is 14.2. The van der Waals surface area contributed by atoms with Crippen LogP contribution >= 0.6 is 11.3 Å². The highest BCUT2D eigenvalue weighted by Gasteiger charge is 2.23. The van der Waals surface area contributed by atoms with E-state index < -0.39 is 0 Å². The molecule has 2 aromatic rings. The van der Waals surface area contributed by atoms with Crippen molar-refractivity contribution in [3.8, 4) is 5.75 Å². The lowest BCUT2D eigenvalue weighted by Gasteiger charge is -2.34. The van der Waals surface area contributed by atoms with E-state index in [2.05, 4.69) is 63.2 Å². The predicted octanol–water partition coefficient (Wildman–Crippen LogP) is 3.19. The highest BCUT2D eigenvalue weighted by molar-refractivity contribution is 7.10. The van der Waals surface area contributed by atoms with E-state index in [9.17, 15) is 0 Å². The molecule has 0 aliphatic carbocycles. The Morgan fingerprint density at radius 2 is 2.10 bits per heavy atom. The highest BCUT2D eigenvalue weighted by atomic mass is 32.1. The topological polar surface area (TPSA) is 58.1 Å². The molecule has 7 heteroatoms. The van der Waals surface area contributed by atoms with Crippen molar-refractivity contribution in [2.24, 2.45) is 4.99 Å². The Morgan fingerprint density at radius 1 is 1.28 bits per heavy atom. The summed E-state index contributed by atoms with van der Waals surface area (Å²) < 4.78 is 11.3. The molecule has 1 fully saturated rings. The third kappa shape index (κ3) is 6.19. The van der Waals surface area contributed by atoms with Crippen LogP contribution in [0.25, 0.3) is 0 Å². The Kier molecular flexibility index (Phi) is 8.34. The summed E-state index contributed by atoms with van der Waals surface area (Å²) in [6.45, 7) is 9.71. The largest absolute Gasteiger partial charge is 0.494 e. The number of ether oxygens (including phenoxy) is 2. The normalized spacial score (nSPS) is 16.4. The van der Waals surface area contributed by atoms with Crippen LogP contribution in [0, 0.1) is 6.92 Å². The van der Waals surface area contributed by atoms with E-state index in [0.29, 0.717) is 19.2 Å². The molecule has 6 nitrogen and oxygen atoms in total. The van der Waals surface area contributed by atoms with Crippen molar-refractivity contribution in [1.29, 1.82) is 0 Å². The first-order valence-corrected chi connectivity index (χ1v) is 11.1. The molecule has 1 aliphatic rings. The van der Waals surface area contributed by atoms with Crippen LogP contribution < -0.4 is 15.4 Å². The maximum atomic E-state index is 5.79. The number of hydrogen-bond donors (Lipinski definition) is 2. The molecule has 0 amide bonds. The number of guanidine groups is 1. The van der Waals surface area contributed by atoms with Crippen molar-refractivity contribution in [2.75, 3.05) is 46.5 Å². The number of aliphatic imine (C=N–C) groups is 1. The molecule has 1 saturated heterocycles. The van der Waals surface area contributed by atoms with E-state index in [1.54, 1.807) is 11.3 Å². The molecule has 2 heterocycles. The Balaban J connectivity index is 1.60. The van der Waals surface area contributed by atoms with Crippen LogP contribution in [0.15, 0.2) is 40.7 Å². The van der Waals surface area contributed by atoms with Crippen molar-refractivity contribution in [1.82, 2.24) is 15.5 Å². The van der Waals surface area contributed by atoms with Crippen molar-refractivity contribution < 1.29 is 9.47 Å². The molecule has 3 rings (SSSR count). The van der Waals surface area contributed by atoms with Gasteiger partial charge >= 0.3 is 0 Å². The average molecular weight is 417 g/mol. The zero-order chi connectivity index (χ0) is 20.5. The van der Waals surface area contributed by atoms with Gasteiger partial charge in [-0.1, -0.05) is 18.2 Å². The molecule has 0 saturated carbocycles. The summed E-state index contributed by atoms with van der Waals surface area (Å²) in [4.78, 5) is 8.27. The first-order valence-electron chi connectivity index (χ1n) is 10.2. The van der Waals surface area contributed by atoms with E-state index >= 15 is 0 Å². The van der Waals surface area contributed by atoms with Gasteiger partial charge in [-0.2, -0.15) is 0 Å². The van der Waals surface area contributed by atoms with Gasteiger partial charge in [-0.05, 0) is 36.9 Å². The van der Waals surface area contributed by atoms with Gasteiger partial charge in [-0.3, -0.25) is 9.89 Å². The molecule has 1 aromatic heterocycles. The fraction of sp³-hybridized carbons (Fsp3) is 0.500. The maximum Gasteiger partial charge on any atom is 0.191 e. The number of nitrogens with zero attached hydrogens (tertiary/aromatic N) is 2. The van der Waals surface area contributed by atoms with Gasteiger partial charge in [-0.15, -0.1) is 11.3 Å². The van der Waals surface area contributed by atoms with Crippen LogP contribution in [0.2, 0.25) is 0 Å². The van der Waals surface area contributed by atoms with E-state index in [4.69, 9.17) is 9.47 Å². The van der Waals surface area contributed by atoms with Crippen LogP contribution in [0.3, 0.4) is 0 Å². The van der Waals surface area contributed by atoms with Gasteiger partial charge in [0.05, 0.1) is 25.9 Å². The van der Waals surface area contributed by atoms with Crippen molar-refractivity contribution in [3.63, 3.8) is 0 Å². The lowest BCUT2D eigenvalue weighted by atomic mass is 10.1. The number of thiophene rings is 1. The third-order valence-corrected chi connectivity index (χ3v) is 5.99. The molecule has 1 atom stereocenters. The Bertz CT molecular complexity index is 773. The number of morpholine rings is 1. The van der Waals surface area contributed by atoms with Gasteiger partial charge in [0.25, 0.3) is 0 Å². The molecule has 158 valence electrons. The van der Waals surface area contributed by atoms with Crippen LogP contribution in [0.4, 0.5) is 0 Å². The average Bonchev–Trinajstić information content (AvgIpc) is 3.27. The zero-order valence-electron chi connectivity index (χ0n) is 17.6. The maximum absolute atomic E-state index is 5.79. The van der Waals surface area contributed by atoms with Crippen LogP contribution in [0.1, 0.15) is 29.0 Å². The summed E-state index contributed by atoms with van der Waals surface area (Å²) in [6, 6.07) is 11.0. The monoisotopic (exact) mass is 416 g/mol. The second-order valence-electron chi connectivity index (χ2n) is 7.03. The number of hydrogen-bond acceptors (Lipinski definition) is 5. The Labute approximate surface area is 177 Å². The fourth-order valence-corrected chi connectivity index (χ4v) is 4.33. The molecule has 1 aromatic carbocycles. The number of nitrogens with one attached hydrogen (secondary N) is 2. The quantitative estimate of drug-likeness (QED) is 0.511. The smallest absolute Gasteiger partial charge is 0.191 e. The molecule has 29 heavy (non-hydrogen) atoms. The number of aryl methyl sites for hydroxylation is 1. The molecule has 0 bridgehead atoms. The summed E-state index contributed by atoms with van der Waals surface area (Å²) in [5, 5.41) is 9.08. The number of rotatable bonds is 8. The summed E-state index contributed by atoms with van der Waals surface area (Å²) in [5.41, 5.74) is 2.33. The second kappa shape index (κ2) is 11.2. The van der Waals surface area contributed by atoms with Gasteiger partial charge in [-0.25, -0.2) is 0 Å². The SMILES string of the molecule is CCOc1cc(C)ccc1CNC(=NC)NCC(c1cccs1)N1CCOCC1. The number of benzene rings is 1. The minimum atomic E-state index is 0.316. The zero-order valence-corrected chi connectivity index (χ0v) is 18.4. The van der Waals surface area contributed by atoms with E-state index in [-0.39, 0.29) is 0 Å². The molecule has 1 aliphatic heterocycles. The van der Waals surface area contributed by atoms with Crippen LogP contribution in [-0.4, -0.2) is 57.4 Å². The predicted molar refractivity (Wildman–Crippen MR) is 120 cm³/mol. The molecule has 0 radical (unpaired) electrons. The minimum absolute atomic E-state index is 0.316. The van der Waals surface area contributed by atoms with Crippen molar-refractivity contribution in [2.45, 2.75) is 26.4 Å². The summed E-state index contributed by atoms with van der Waals surface area (Å²) in [7, 11) is 1.81. The molecular formula is C22H32N4O2S. The van der Waals surface area contributed by atoms with E-state index in [1.807, 2.05) is 14.0 Å². The van der Waals surface area contributed by atoms with Crippen molar-refractivity contribution in [3.05, 3.63) is 51.7 Å². The van der Waals surface area contributed by atoms with Gasteiger partial charge in [0.15, 0.2) is 5.96 Å². The van der Waals surface area contributed by atoms with Gasteiger partial charge < -0.3 is 20.1 Å². The first kappa shape index (κ1) is 21.6. The standard InChI is InChI=1S/C22H32N4O2S/c1-4-28-20-14-17(2)7-8-18(20)15-24-22(23-3)25-16-19(21-6-5-13-29-21)26-9-11-27-12-10-26/h5-8,13-14,19H,4,9-12,15-16H2,1-3H3,(H2,23,24,25). The van der Waals surface area contributed by atoms with E-state index in [0.717, 1.165) is 50.1 Å². The van der Waals surface area contributed by atoms with Gasteiger partial charge in [0.2, 0.25) is 0 Å². The Hall–Kier alpha value is -2.09. The van der Waals surface area contributed by atoms with Gasteiger partial charge in [0, 0.05) is 43.7 Å². The van der Waals surface area contributed by atoms with Crippen LogP contribution in [-0.2, 0) is 11.3 Å². The summed E-state index contributed by atoms with van der Waals surface area (Å²) >= 11 is 1.80.